The second-order valence-corrected chi connectivity index (χ2v) is 5.26. The Morgan fingerprint density at radius 2 is 1.95 bits per heavy atom. The van der Waals surface area contributed by atoms with E-state index in [4.69, 9.17) is 12.3 Å². The van der Waals surface area contributed by atoms with Crippen molar-refractivity contribution in [1.82, 2.24) is 4.90 Å². The van der Waals surface area contributed by atoms with Crippen molar-refractivity contribution in [3.63, 3.8) is 0 Å². The number of hydrogen-bond acceptors (Lipinski definition) is 3. The minimum atomic E-state index is -0.321. The van der Waals surface area contributed by atoms with Crippen molar-refractivity contribution < 1.29 is 28.4 Å². The van der Waals surface area contributed by atoms with Gasteiger partial charge in [-0.1, -0.05) is 19.8 Å². The summed E-state index contributed by atoms with van der Waals surface area (Å²) in [6, 6.07) is 0. The Kier molecular flexibility index (Phi) is 18.4. The summed E-state index contributed by atoms with van der Waals surface area (Å²) in [4.78, 5) is 22.1. The molecule has 0 aromatic carbocycles. The zero-order chi connectivity index (χ0) is 16.1. The second-order valence-electron chi connectivity index (χ2n) is 5.26. The molecule has 116 valence electrons. The van der Waals surface area contributed by atoms with Gasteiger partial charge in [-0.3, -0.25) is 6.58 Å². The number of primary amides is 1. The van der Waals surface area contributed by atoms with Crippen molar-refractivity contribution in [3.05, 3.63) is 30.2 Å². The summed E-state index contributed by atoms with van der Waals surface area (Å²) in [6.07, 6.45) is 6.16. The van der Waals surface area contributed by atoms with Gasteiger partial charge in [0.2, 0.25) is 0 Å². The number of hydrogen-bond donors (Lipinski definition) is 1. The molecule has 0 saturated heterocycles. The van der Waals surface area contributed by atoms with Gasteiger partial charge in [0.05, 0.1) is 5.91 Å². The van der Waals surface area contributed by atoms with Crippen LogP contribution in [0.3, 0.4) is 0 Å². The summed E-state index contributed by atoms with van der Waals surface area (Å²) in [6.45, 7) is 12.5. The Balaban J connectivity index is -0.000000317. The van der Waals surface area contributed by atoms with Crippen molar-refractivity contribution in [2.24, 2.45) is 11.7 Å². The average molecular weight is 286 g/mol. The Labute approximate surface area is 142 Å². The Bertz CT molecular complexity index is 337. The molecule has 0 saturated carbocycles. The standard InChI is InChI=1S/C10H15NO.C6H12NO.Li/c1-9(5-7-11(3)4)10(2)6-8-12;1-5(2)3-4-6(7)8;/h1,6H,5,7H2,2-4H3;4-5H,3H2,1-2H3,(H2,7,8);/q-2;-1;+1/b10-6-;;. The largest absolute Gasteiger partial charge is 1.00 e. The number of rotatable bonds is 8. The Hall–Kier alpha value is -0.953. The molecule has 0 aromatic rings. The van der Waals surface area contributed by atoms with Crippen LogP contribution in [0.15, 0.2) is 17.2 Å². The predicted octanol–water partition coefficient (Wildman–Crippen LogP) is -0.920. The fraction of sp³-hybridized carbons (Fsp3) is 0.562. The van der Waals surface area contributed by atoms with E-state index in [-0.39, 0.29) is 24.8 Å². The molecule has 4 nitrogen and oxygen atoms in total. The topological polar surface area (TPSA) is 63.4 Å². The summed E-state index contributed by atoms with van der Waals surface area (Å²) >= 11 is 0. The molecule has 0 rings (SSSR count). The van der Waals surface area contributed by atoms with Crippen LogP contribution in [0.2, 0.25) is 0 Å². The number of carbonyl (C=O) groups is 1. The number of nitrogens with zero attached hydrogens (tertiary/aromatic N) is 1. The van der Waals surface area contributed by atoms with Crippen LogP contribution in [0.1, 0.15) is 33.6 Å². The summed E-state index contributed by atoms with van der Waals surface area (Å²) < 4.78 is 0. The van der Waals surface area contributed by atoms with E-state index >= 15 is 0 Å². The van der Waals surface area contributed by atoms with Crippen LogP contribution >= 0.6 is 0 Å². The van der Waals surface area contributed by atoms with Crippen molar-refractivity contribution >= 4 is 12.2 Å². The zero-order valence-electron chi connectivity index (χ0n) is 14.3. The van der Waals surface area contributed by atoms with E-state index in [0.717, 1.165) is 30.5 Å². The molecule has 0 aliphatic heterocycles. The molecule has 0 heterocycles. The minimum absolute atomic E-state index is 0. The van der Waals surface area contributed by atoms with E-state index in [1.807, 2.05) is 39.8 Å². The molecule has 2 N–H and O–H groups in total. The zero-order valence-corrected chi connectivity index (χ0v) is 14.3. The molecule has 0 radical (unpaired) electrons. The van der Waals surface area contributed by atoms with E-state index in [1.54, 1.807) is 6.29 Å². The monoisotopic (exact) mass is 286 g/mol. The third-order valence-electron chi connectivity index (χ3n) is 2.40. The van der Waals surface area contributed by atoms with Crippen molar-refractivity contribution in [1.29, 1.82) is 0 Å². The fourth-order valence-corrected chi connectivity index (χ4v) is 1.07. The van der Waals surface area contributed by atoms with Gasteiger partial charge in [0.1, 0.15) is 0 Å². The normalized spacial score (nSPS) is 10.3. The molecule has 0 unspecified atom stereocenters. The van der Waals surface area contributed by atoms with E-state index in [0.29, 0.717) is 5.92 Å². The SMILES string of the molecule is CC(C)C[CH-]C(N)=O.[CH-]=C(CCN(C)C)/C(C)=C\[C-]=O.[Li+]. The fourth-order valence-electron chi connectivity index (χ4n) is 1.07. The summed E-state index contributed by atoms with van der Waals surface area (Å²) in [5, 5.41) is 0. The Morgan fingerprint density at radius 1 is 1.43 bits per heavy atom. The van der Waals surface area contributed by atoms with Gasteiger partial charge in [0.15, 0.2) is 0 Å². The molecule has 0 aliphatic rings. The van der Waals surface area contributed by atoms with Gasteiger partial charge in [-0.15, -0.1) is 6.92 Å². The molecule has 0 fully saturated rings. The predicted molar refractivity (Wildman–Crippen MR) is 83.4 cm³/mol. The number of carbonyl (C=O) groups excluding carboxylic acids is 2. The number of amides is 1. The van der Waals surface area contributed by atoms with Gasteiger partial charge < -0.3 is 26.6 Å². The molecule has 1 amide bonds. The van der Waals surface area contributed by atoms with Crippen molar-refractivity contribution in [2.45, 2.75) is 33.6 Å². The first kappa shape index (κ1) is 25.0. The minimum Gasteiger partial charge on any atom is -0.419 e. The third kappa shape index (κ3) is 21.5. The maximum Gasteiger partial charge on any atom is 1.00 e. The molecule has 0 spiro atoms. The van der Waals surface area contributed by atoms with Crippen LogP contribution in [0.25, 0.3) is 0 Å². The van der Waals surface area contributed by atoms with Gasteiger partial charge >= 0.3 is 18.9 Å². The quantitative estimate of drug-likeness (QED) is 0.272. The van der Waals surface area contributed by atoms with Gasteiger partial charge in [-0.25, -0.2) is 11.1 Å². The molecule has 0 atom stereocenters. The van der Waals surface area contributed by atoms with Gasteiger partial charge in [0.25, 0.3) is 0 Å². The molecule has 0 bridgehead atoms. The van der Waals surface area contributed by atoms with Crippen LogP contribution in [0.4, 0.5) is 0 Å². The van der Waals surface area contributed by atoms with Gasteiger partial charge in [0, 0.05) is 0 Å². The molecule has 5 heteroatoms. The van der Waals surface area contributed by atoms with E-state index in [9.17, 15) is 9.59 Å². The Morgan fingerprint density at radius 3 is 2.24 bits per heavy atom. The van der Waals surface area contributed by atoms with Crippen molar-refractivity contribution in [2.75, 3.05) is 20.6 Å². The first-order valence-electron chi connectivity index (χ1n) is 6.64. The van der Waals surface area contributed by atoms with Crippen molar-refractivity contribution in [3.8, 4) is 0 Å². The van der Waals surface area contributed by atoms with Crippen LogP contribution in [-0.4, -0.2) is 37.7 Å². The van der Waals surface area contributed by atoms with Crippen LogP contribution in [0.5, 0.6) is 0 Å². The third-order valence-corrected chi connectivity index (χ3v) is 2.40. The van der Waals surface area contributed by atoms with E-state index in [2.05, 4.69) is 0 Å². The van der Waals surface area contributed by atoms with Crippen LogP contribution < -0.4 is 24.6 Å². The first-order chi connectivity index (χ1) is 9.20. The van der Waals surface area contributed by atoms with Crippen LogP contribution in [-0.2, 0) is 9.59 Å². The maximum absolute atomic E-state index is 10.1. The maximum atomic E-state index is 10.1. The van der Waals surface area contributed by atoms with E-state index in [1.165, 1.54) is 12.5 Å². The molecule has 0 aliphatic carbocycles. The smallest absolute Gasteiger partial charge is 0.419 e. The molecule has 0 aromatic heterocycles. The van der Waals surface area contributed by atoms with E-state index < -0.39 is 0 Å². The number of nitrogens with two attached hydrogens (primary N) is 1. The summed E-state index contributed by atoms with van der Waals surface area (Å²) in [7, 11) is 3.97. The van der Waals surface area contributed by atoms with Gasteiger partial charge in [-0.05, 0) is 33.3 Å². The van der Waals surface area contributed by atoms with Crippen LogP contribution in [0, 0.1) is 18.9 Å². The molecule has 21 heavy (non-hydrogen) atoms. The number of allylic oxidation sites excluding steroid dienone is 2. The summed E-state index contributed by atoms with van der Waals surface area (Å²) in [5.74, 6) is 0.209. The first-order valence-corrected chi connectivity index (χ1v) is 6.64. The summed E-state index contributed by atoms with van der Waals surface area (Å²) in [5.41, 5.74) is 6.41. The molecular formula is C16H27LiN2O2-2. The second kappa shape index (κ2) is 15.4. The molecular weight excluding hydrogens is 259 g/mol. The van der Waals surface area contributed by atoms with Gasteiger partial charge in [-0.2, -0.15) is 12.5 Å². The average Bonchev–Trinajstić information content (AvgIpc) is 2.34.